The highest BCUT2D eigenvalue weighted by atomic mass is 16.5. The van der Waals surface area contributed by atoms with E-state index in [0.717, 1.165) is 5.69 Å². The van der Waals surface area contributed by atoms with E-state index in [9.17, 15) is 9.90 Å². The molecular weight excluding hydrogens is 284 g/mol. The van der Waals surface area contributed by atoms with Gasteiger partial charge in [-0.1, -0.05) is 0 Å². The van der Waals surface area contributed by atoms with Gasteiger partial charge < -0.3 is 24.8 Å². The lowest BCUT2D eigenvalue weighted by atomic mass is 10.3. The van der Waals surface area contributed by atoms with E-state index in [-0.39, 0.29) is 19.1 Å². The van der Waals surface area contributed by atoms with Crippen LogP contribution in [0.4, 0.5) is 5.69 Å². The van der Waals surface area contributed by atoms with Crippen LogP contribution in [0.25, 0.3) is 0 Å². The van der Waals surface area contributed by atoms with E-state index >= 15 is 0 Å². The van der Waals surface area contributed by atoms with Crippen LogP contribution in [0.15, 0.2) is 24.3 Å². The highest BCUT2D eigenvalue weighted by Gasteiger charge is 2.06. The second-order valence-electron chi connectivity index (χ2n) is 5.25. The number of carbonyl (C=O) groups excluding carboxylic acids is 1. The van der Waals surface area contributed by atoms with E-state index < -0.39 is 6.10 Å². The fourth-order valence-electron chi connectivity index (χ4n) is 1.68. The first-order chi connectivity index (χ1) is 10.5. The molecule has 1 rings (SSSR count). The Hall–Kier alpha value is -1.63. The van der Waals surface area contributed by atoms with Gasteiger partial charge >= 0.3 is 0 Å². The summed E-state index contributed by atoms with van der Waals surface area (Å²) in [5.74, 6) is 0.622. The molecule has 2 N–H and O–H groups in total. The summed E-state index contributed by atoms with van der Waals surface area (Å²) in [6, 6.07) is 7.07. The van der Waals surface area contributed by atoms with E-state index in [4.69, 9.17) is 9.47 Å². The van der Waals surface area contributed by atoms with Gasteiger partial charge in [0, 0.05) is 25.3 Å². The highest BCUT2D eigenvalue weighted by molar-refractivity contribution is 5.90. The molecule has 0 bridgehead atoms. The Morgan fingerprint density at radius 1 is 1.27 bits per heavy atom. The minimum Gasteiger partial charge on any atom is -0.491 e. The number of amides is 1. The zero-order chi connectivity index (χ0) is 16.4. The van der Waals surface area contributed by atoms with Crippen LogP contribution >= 0.6 is 0 Å². The summed E-state index contributed by atoms with van der Waals surface area (Å²) in [6.07, 6.45) is -0.195. The van der Waals surface area contributed by atoms with E-state index in [2.05, 4.69) is 5.32 Å². The number of hydrogen-bond acceptors (Lipinski definition) is 5. The fraction of sp³-hybridized carbons (Fsp3) is 0.562. The number of benzene rings is 1. The predicted octanol–water partition coefficient (Wildman–Crippen LogP) is 1.35. The maximum Gasteiger partial charge on any atom is 0.225 e. The van der Waals surface area contributed by atoms with Crippen molar-refractivity contribution < 1.29 is 19.4 Å². The van der Waals surface area contributed by atoms with Crippen LogP contribution in [0.2, 0.25) is 0 Å². The number of nitrogens with zero attached hydrogens (tertiary/aromatic N) is 1. The van der Waals surface area contributed by atoms with Crippen LogP contribution in [-0.2, 0) is 9.53 Å². The third-order valence-electron chi connectivity index (χ3n) is 2.88. The van der Waals surface area contributed by atoms with Crippen LogP contribution in [0.1, 0.15) is 13.3 Å². The number of rotatable bonds is 10. The molecule has 0 radical (unpaired) electrons. The number of carbonyl (C=O) groups is 1. The van der Waals surface area contributed by atoms with Gasteiger partial charge in [0.05, 0.1) is 6.61 Å². The van der Waals surface area contributed by atoms with Crippen LogP contribution in [-0.4, -0.2) is 62.5 Å². The number of ether oxygens (including phenoxy) is 2. The second kappa shape index (κ2) is 10.2. The Balaban J connectivity index is 2.34. The Morgan fingerprint density at radius 3 is 2.55 bits per heavy atom. The minimum absolute atomic E-state index is 0.0190. The Labute approximate surface area is 132 Å². The number of hydrogen-bond donors (Lipinski definition) is 2. The smallest absolute Gasteiger partial charge is 0.225 e. The molecule has 0 saturated carbocycles. The summed E-state index contributed by atoms with van der Waals surface area (Å²) in [4.78, 5) is 13.7. The molecule has 0 fully saturated rings. The van der Waals surface area contributed by atoms with Crippen LogP contribution in [0, 0.1) is 0 Å². The molecule has 6 heteroatoms. The molecule has 6 nitrogen and oxygen atoms in total. The molecule has 1 amide bonds. The molecule has 0 spiro atoms. The second-order valence-corrected chi connectivity index (χ2v) is 5.25. The highest BCUT2D eigenvalue weighted by Crippen LogP contribution is 2.16. The molecule has 0 aromatic heterocycles. The Kier molecular flexibility index (Phi) is 8.50. The monoisotopic (exact) mass is 310 g/mol. The van der Waals surface area contributed by atoms with E-state index in [1.165, 1.54) is 0 Å². The maximum absolute atomic E-state index is 11.7. The fourth-order valence-corrected chi connectivity index (χ4v) is 1.68. The molecule has 0 saturated heterocycles. The van der Waals surface area contributed by atoms with Crippen LogP contribution in [0.5, 0.6) is 5.75 Å². The molecule has 1 aromatic rings. The lowest BCUT2D eigenvalue weighted by Crippen LogP contribution is -2.23. The minimum atomic E-state index is -0.648. The largest absolute Gasteiger partial charge is 0.491 e. The molecule has 0 aliphatic rings. The molecule has 0 aliphatic heterocycles. The molecule has 22 heavy (non-hydrogen) atoms. The van der Waals surface area contributed by atoms with Crippen molar-refractivity contribution in [2.75, 3.05) is 45.8 Å². The lowest BCUT2D eigenvalue weighted by molar-refractivity contribution is -0.116. The van der Waals surface area contributed by atoms with Gasteiger partial charge in [-0.15, -0.1) is 0 Å². The van der Waals surface area contributed by atoms with Gasteiger partial charge in [0.1, 0.15) is 18.5 Å². The van der Waals surface area contributed by atoms with Crippen molar-refractivity contribution in [3.63, 3.8) is 0 Å². The third-order valence-corrected chi connectivity index (χ3v) is 2.88. The third kappa shape index (κ3) is 7.97. The van der Waals surface area contributed by atoms with Crippen molar-refractivity contribution in [3.05, 3.63) is 24.3 Å². The Bertz CT molecular complexity index is 434. The standard InChI is InChI=1S/C16H26N2O4/c1-4-21-11-14(19)12-22-15-7-5-13(6-8-15)17-16(20)9-10-18(2)3/h5-8,14,19H,4,9-12H2,1-3H3,(H,17,20)/t14-/m0/s1. The predicted molar refractivity (Wildman–Crippen MR) is 86.2 cm³/mol. The molecule has 124 valence electrons. The molecule has 1 aromatic carbocycles. The maximum atomic E-state index is 11.7. The quantitative estimate of drug-likeness (QED) is 0.683. The SMILES string of the molecule is CCOC[C@H](O)COc1ccc(NC(=O)CCN(C)C)cc1. The summed E-state index contributed by atoms with van der Waals surface area (Å²) >= 11 is 0. The summed E-state index contributed by atoms with van der Waals surface area (Å²) in [7, 11) is 3.86. The Morgan fingerprint density at radius 2 is 1.95 bits per heavy atom. The first-order valence-corrected chi connectivity index (χ1v) is 7.44. The van der Waals surface area contributed by atoms with Gasteiger partial charge in [0.15, 0.2) is 0 Å². The zero-order valence-corrected chi connectivity index (χ0v) is 13.5. The molecule has 0 unspecified atom stereocenters. The molecule has 1 atom stereocenters. The summed E-state index contributed by atoms with van der Waals surface area (Å²) in [6.45, 7) is 3.59. The van der Waals surface area contributed by atoms with Crippen molar-refractivity contribution in [2.45, 2.75) is 19.4 Å². The van der Waals surface area contributed by atoms with Gasteiger partial charge in [-0.05, 0) is 45.3 Å². The van der Waals surface area contributed by atoms with Gasteiger partial charge in [0.2, 0.25) is 5.91 Å². The van der Waals surface area contributed by atoms with E-state index in [0.29, 0.717) is 25.3 Å². The number of anilines is 1. The summed E-state index contributed by atoms with van der Waals surface area (Å²) in [5.41, 5.74) is 0.728. The first kappa shape index (κ1) is 18.4. The number of aliphatic hydroxyl groups is 1. The van der Waals surface area contributed by atoms with Gasteiger partial charge in [0.25, 0.3) is 0 Å². The molecular formula is C16H26N2O4. The van der Waals surface area contributed by atoms with Crippen LogP contribution < -0.4 is 10.1 Å². The average Bonchev–Trinajstić information content (AvgIpc) is 2.50. The van der Waals surface area contributed by atoms with Crippen molar-refractivity contribution in [3.8, 4) is 5.75 Å². The van der Waals surface area contributed by atoms with Gasteiger partial charge in [-0.2, -0.15) is 0 Å². The average molecular weight is 310 g/mol. The van der Waals surface area contributed by atoms with Crippen molar-refractivity contribution in [1.29, 1.82) is 0 Å². The summed E-state index contributed by atoms with van der Waals surface area (Å²) in [5, 5.41) is 12.4. The first-order valence-electron chi connectivity index (χ1n) is 7.44. The lowest BCUT2D eigenvalue weighted by Gasteiger charge is -2.13. The normalized spacial score (nSPS) is 12.2. The molecule has 0 heterocycles. The van der Waals surface area contributed by atoms with Crippen molar-refractivity contribution in [1.82, 2.24) is 4.90 Å². The van der Waals surface area contributed by atoms with Crippen molar-refractivity contribution in [2.24, 2.45) is 0 Å². The number of nitrogens with one attached hydrogen (secondary N) is 1. The van der Waals surface area contributed by atoms with Gasteiger partial charge in [-0.3, -0.25) is 4.79 Å². The van der Waals surface area contributed by atoms with Gasteiger partial charge in [-0.25, -0.2) is 0 Å². The topological polar surface area (TPSA) is 71.0 Å². The summed E-state index contributed by atoms with van der Waals surface area (Å²) < 4.78 is 10.6. The van der Waals surface area contributed by atoms with Crippen LogP contribution in [0.3, 0.4) is 0 Å². The number of aliphatic hydroxyl groups excluding tert-OH is 1. The van der Waals surface area contributed by atoms with E-state index in [1.54, 1.807) is 24.3 Å². The van der Waals surface area contributed by atoms with E-state index in [1.807, 2.05) is 25.9 Å². The van der Waals surface area contributed by atoms with Crippen molar-refractivity contribution >= 4 is 11.6 Å². The zero-order valence-electron chi connectivity index (χ0n) is 13.5. The molecule has 0 aliphatic carbocycles.